The van der Waals surface area contributed by atoms with Crippen LogP contribution in [0.25, 0.3) is 0 Å². The van der Waals surface area contributed by atoms with Gasteiger partial charge in [-0.2, -0.15) is 0 Å². The van der Waals surface area contributed by atoms with Crippen LogP contribution in [0.1, 0.15) is 12.8 Å². The van der Waals surface area contributed by atoms with Gasteiger partial charge in [0.05, 0.1) is 6.54 Å². The number of anilines is 1. The number of carbonyl (C=O) groups is 1. The lowest BCUT2D eigenvalue weighted by Gasteiger charge is -2.34. The minimum atomic E-state index is 0.395. The highest BCUT2D eigenvalue weighted by atomic mass is 32.1. The molecule has 5 heteroatoms. The van der Waals surface area contributed by atoms with E-state index in [1.54, 1.807) is 11.3 Å². The molecule has 4 nitrogen and oxygen atoms in total. The fraction of sp³-hybridized carbons (Fsp3) is 0.667. The number of Topliss-reactive ketones (excluding diaryl/α,β-unsaturated/α-hetero) is 1. The van der Waals surface area contributed by atoms with Crippen LogP contribution in [-0.2, 0) is 4.79 Å². The monoisotopic (exact) mass is 251 g/mol. The summed E-state index contributed by atoms with van der Waals surface area (Å²) in [6.07, 6.45) is 4.10. The van der Waals surface area contributed by atoms with Crippen molar-refractivity contribution >= 4 is 22.3 Å². The van der Waals surface area contributed by atoms with E-state index in [4.69, 9.17) is 0 Å². The molecule has 17 heavy (non-hydrogen) atoms. The molecule has 1 saturated carbocycles. The molecule has 92 valence electrons. The lowest BCUT2D eigenvalue weighted by atomic mass is 10.2. The van der Waals surface area contributed by atoms with Gasteiger partial charge in [-0.25, -0.2) is 4.98 Å². The summed E-state index contributed by atoms with van der Waals surface area (Å²) in [6, 6.07) is 0. The Morgan fingerprint density at radius 2 is 2.12 bits per heavy atom. The van der Waals surface area contributed by atoms with E-state index in [0.717, 1.165) is 44.2 Å². The highest BCUT2D eigenvalue weighted by molar-refractivity contribution is 7.13. The normalized spacial score (nSPS) is 21.8. The summed E-state index contributed by atoms with van der Waals surface area (Å²) in [7, 11) is 0. The first-order chi connectivity index (χ1) is 8.33. The molecule has 0 amide bonds. The van der Waals surface area contributed by atoms with E-state index in [-0.39, 0.29) is 0 Å². The van der Waals surface area contributed by atoms with Gasteiger partial charge in [-0.15, -0.1) is 11.3 Å². The number of nitrogens with zero attached hydrogens (tertiary/aromatic N) is 3. The van der Waals surface area contributed by atoms with Crippen LogP contribution in [0.15, 0.2) is 11.6 Å². The highest BCUT2D eigenvalue weighted by Gasteiger charge is 2.31. The van der Waals surface area contributed by atoms with Gasteiger partial charge in [0.25, 0.3) is 0 Å². The van der Waals surface area contributed by atoms with Gasteiger partial charge in [0, 0.05) is 43.7 Å². The molecule has 0 aromatic carbocycles. The Morgan fingerprint density at radius 1 is 1.35 bits per heavy atom. The summed E-state index contributed by atoms with van der Waals surface area (Å²) in [6.45, 7) is 4.61. The summed E-state index contributed by atoms with van der Waals surface area (Å²) in [4.78, 5) is 20.6. The zero-order chi connectivity index (χ0) is 11.7. The Hall–Kier alpha value is -0.940. The van der Waals surface area contributed by atoms with Gasteiger partial charge in [-0.1, -0.05) is 0 Å². The van der Waals surface area contributed by atoms with Gasteiger partial charge in [0.15, 0.2) is 5.13 Å². The third kappa shape index (κ3) is 2.66. The molecule has 2 fully saturated rings. The molecule has 0 spiro atoms. The van der Waals surface area contributed by atoms with Crippen molar-refractivity contribution in [2.45, 2.75) is 12.8 Å². The van der Waals surface area contributed by atoms with Crippen molar-refractivity contribution in [1.82, 2.24) is 9.88 Å². The number of piperazine rings is 1. The van der Waals surface area contributed by atoms with E-state index in [1.165, 1.54) is 0 Å². The summed E-state index contributed by atoms with van der Waals surface area (Å²) in [5.41, 5.74) is 0. The highest BCUT2D eigenvalue weighted by Crippen LogP contribution is 2.30. The average Bonchev–Trinajstić information content (AvgIpc) is 3.07. The first-order valence-electron chi connectivity index (χ1n) is 6.22. The number of rotatable bonds is 4. The van der Waals surface area contributed by atoms with Crippen molar-refractivity contribution in [2.24, 2.45) is 5.92 Å². The van der Waals surface area contributed by atoms with Gasteiger partial charge in [0.1, 0.15) is 5.78 Å². The Balaban J connectivity index is 1.48. The Labute approximate surface area is 105 Å². The van der Waals surface area contributed by atoms with Crippen LogP contribution in [0, 0.1) is 5.92 Å². The van der Waals surface area contributed by atoms with Gasteiger partial charge >= 0.3 is 0 Å². The second kappa shape index (κ2) is 4.74. The van der Waals surface area contributed by atoms with Gasteiger partial charge in [-0.3, -0.25) is 9.69 Å². The Morgan fingerprint density at radius 3 is 2.71 bits per heavy atom. The molecule has 2 heterocycles. The van der Waals surface area contributed by atoms with Crippen LogP contribution in [0.3, 0.4) is 0 Å². The maximum atomic E-state index is 11.7. The molecule has 0 atom stereocenters. The largest absolute Gasteiger partial charge is 0.346 e. The quantitative estimate of drug-likeness (QED) is 0.807. The van der Waals surface area contributed by atoms with E-state index in [1.807, 2.05) is 11.6 Å². The van der Waals surface area contributed by atoms with Gasteiger partial charge in [-0.05, 0) is 12.8 Å². The maximum absolute atomic E-state index is 11.7. The molecular formula is C12H17N3OS. The smallest absolute Gasteiger partial charge is 0.185 e. The lowest BCUT2D eigenvalue weighted by Crippen LogP contribution is -2.48. The van der Waals surface area contributed by atoms with E-state index in [0.29, 0.717) is 18.2 Å². The van der Waals surface area contributed by atoms with Crippen LogP contribution in [0.5, 0.6) is 0 Å². The van der Waals surface area contributed by atoms with Gasteiger partial charge < -0.3 is 4.90 Å². The second-order valence-electron chi connectivity index (χ2n) is 4.82. The summed E-state index contributed by atoms with van der Waals surface area (Å²) in [5, 5.41) is 3.12. The zero-order valence-corrected chi connectivity index (χ0v) is 10.7. The zero-order valence-electron chi connectivity index (χ0n) is 9.84. The molecule has 0 radical (unpaired) electrons. The van der Waals surface area contributed by atoms with Crippen molar-refractivity contribution in [3.05, 3.63) is 11.6 Å². The lowest BCUT2D eigenvalue weighted by molar-refractivity contribution is -0.121. The average molecular weight is 251 g/mol. The predicted molar refractivity (Wildman–Crippen MR) is 68.5 cm³/mol. The van der Waals surface area contributed by atoms with Crippen molar-refractivity contribution in [3.63, 3.8) is 0 Å². The van der Waals surface area contributed by atoms with E-state index >= 15 is 0 Å². The first kappa shape index (κ1) is 11.2. The molecule has 1 saturated heterocycles. The Kier molecular flexibility index (Phi) is 3.11. The molecule has 3 rings (SSSR count). The fourth-order valence-corrected chi connectivity index (χ4v) is 2.92. The minimum absolute atomic E-state index is 0.395. The standard InChI is InChI=1S/C12H17N3OS/c16-11(10-1-2-10)9-14-4-6-15(7-5-14)12-13-3-8-17-12/h3,8,10H,1-2,4-7,9H2. The van der Waals surface area contributed by atoms with Crippen molar-refractivity contribution < 1.29 is 4.79 Å². The van der Waals surface area contributed by atoms with Crippen molar-refractivity contribution in [1.29, 1.82) is 0 Å². The number of carbonyl (C=O) groups excluding carboxylic acids is 1. The number of thiazole rings is 1. The second-order valence-corrected chi connectivity index (χ2v) is 5.69. The molecule has 1 aromatic heterocycles. The van der Waals surface area contributed by atoms with Crippen LogP contribution in [0.2, 0.25) is 0 Å². The summed E-state index contributed by atoms with van der Waals surface area (Å²) in [5.74, 6) is 0.847. The molecular weight excluding hydrogens is 234 g/mol. The van der Waals surface area contributed by atoms with Crippen molar-refractivity contribution in [3.8, 4) is 0 Å². The van der Waals surface area contributed by atoms with Crippen LogP contribution in [0.4, 0.5) is 5.13 Å². The summed E-state index contributed by atoms with van der Waals surface area (Å²) < 4.78 is 0. The fourth-order valence-electron chi connectivity index (χ4n) is 2.22. The maximum Gasteiger partial charge on any atom is 0.185 e. The number of ketones is 1. The molecule has 0 bridgehead atoms. The molecule has 1 aromatic rings. The number of aromatic nitrogens is 1. The van der Waals surface area contributed by atoms with E-state index in [2.05, 4.69) is 14.8 Å². The molecule has 0 unspecified atom stereocenters. The van der Waals surface area contributed by atoms with E-state index < -0.39 is 0 Å². The van der Waals surface area contributed by atoms with Crippen LogP contribution >= 0.6 is 11.3 Å². The minimum Gasteiger partial charge on any atom is -0.346 e. The molecule has 1 aliphatic carbocycles. The molecule has 1 aliphatic heterocycles. The van der Waals surface area contributed by atoms with E-state index in [9.17, 15) is 4.79 Å². The van der Waals surface area contributed by atoms with Crippen LogP contribution < -0.4 is 4.90 Å². The topological polar surface area (TPSA) is 36.4 Å². The SMILES string of the molecule is O=C(CN1CCN(c2nccs2)CC1)C1CC1. The number of hydrogen-bond acceptors (Lipinski definition) is 5. The first-order valence-corrected chi connectivity index (χ1v) is 7.10. The Bertz CT molecular complexity index is 380. The molecule has 0 N–H and O–H groups in total. The third-order valence-corrected chi connectivity index (χ3v) is 4.31. The molecule has 2 aliphatic rings. The van der Waals surface area contributed by atoms with Crippen LogP contribution in [-0.4, -0.2) is 48.4 Å². The predicted octanol–water partition coefficient (Wildman–Crippen LogP) is 1.24. The van der Waals surface area contributed by atoms with Crippen molar-refractivity contribution in [2.75, 3.05) is 37.6 Å². The number of hydrogen-bond donors (Lipinski definition) is 0. The third-order valence-electron chi connectivity index (χ3n) is 3.47. The van der Waals surface area contributed by atoms with Gasteiger partial charge in [0.2, 0.25) is 0 Å². The summed E-state index contributed by atoms with van der Waals surface area (Å²) >= 11 is 1.69.